The lowest BCUT2D eigenvalue weighted by atomic mass is 9.87. The number of nitrogens with two attached hydrogens (primary N) is 1. The maximum atomic E-state index is 6.15. The van der Waals surface area contributed by atoms with Gasteiger partial charge in [-0.15, -0.1) is 0 Å². The van der Waals surface area contributed by atoms with Gasteiger partial charge in [0.2, 0.25) is 0 Å². The summed E-state index contributed by atoms with van der Waals surface area (Å²) in [4.78, 5) is 2.59. The molecule has 2 aliphatic rings. The van der Waals surface area contributed by atoms with E-state index >= 15 is 0 Å². The Morgan fingerprint density at radius 3 is 2.75 bits per heavy atom. The monoisotopic (exact) mass is 226 g/mol. The van der Waals surface area contributed by atoms with Gasteiger partial charge >= 0.3 is 0 Å². The van der Waals surface area contributed by atoms with Gasteiger partial charge in [0.1, 0.15) is 0 Å². The van der Waals surface area contributed by atoms with Crippen LogP contribution in [0.1, 0.15) is 26.7 Å². The Bertz CT molecular complexity index is 222. The molecule has 4 unspecified atom stereocenters. The van der Waals surface area contributed by atoms with E-state index in [1.807, 2.05) is 0 Å². The summed E-state index contributed by atoms with van der Waals surface area (Å²) in [5.41, 5.74) is 6.15. The largest absolute Gasteiger partial charge is 0.381 e. The summed E-state index contributed by atoms with van der Waals surface area (Å²) >= 11 is 0. The Morgan fingerprint density at radius 2 is 2.06 bits per heavy atom. The van der Waals surface area contributed by atoms with Crippen molar-refractivity contribution in [1.82, 2.24) is 4.90 Å². The van der Waals surface area contributed by atoms with Gasteiger partial charge in [0.25, 0.3) is 0 Å². The molecule has 0 aromatic heterocycles. The highest BCUT2D eigenvalue weighted by Gasteiger charge is 2.28. The first kappa shape index (κ1) is 12.3. The molecule has 2 rings (SSSR count). The lowest BCUT2D eigenvalue weighted by Crippen LogP contribution is -2.48. The zero-order valence-corrected chi connectivity index (χ0v) is 10.7. The summed E-state index contributed by atoms with van der Waals surface area (Å²) in [7, 11) is 0. The Labute approximate surface area is 99.3 Å². The molecule has 2 heterocycles. The first-order valence-corrected chi connectivity index (χ1v) is 6.72. The van der Waals surface area contributed by atoms with Gasteiger partial charge in [-0.1, -0.05) is 13.8 Å². The van der Waals surface area contributed by atoms with Gasteiger partial charge in [-0.05, 0) is 31.2 Å². The van der Waals surface area contributed by atoms with Crippen LogP contribution in [0.2, 0.25) is 0 Å². The number of likely N-dealkylation sites (tertiary alicyclic amines) is 1. The second-order valence-electron chi connectivity index (χ2n) is 5.79. The van der Waals surface area contributed by atoms with Gasteiger partial charge in [0, 0.05) is 31.7 Å². The minimum Gasteiger partial charge on any atom is -0.381 e. The van der Waals surface area contributed by atoms with Crippen molar-refractivity contribution < 1.29 is 4.74 Å². The first-order chi connectivity index (χ1) is 7.66. The molecule has 0 aromatic carbocycles. The fourth-order valence-corrected chi connectivity index (χ4v) is 2.85. The van der Waals surface area contributed by atoms with Crippen LogP contribution in [-0.2, 0) is 4.74 Å². The van der Waals surface area contributed by atoms with Crippen LogP contribution in [0, 0.1) is 17.8 Å². The van der Waals surface area contributed by atoms with Crippen molar-refractivity contribution in [3.8, 4) is 0 Å². The number of hydrogen-bond acceptors (Lipinski definition) is 3. The molecule has 3 heteroatoms. The first-order valence-electron chi connectivity index (χ1n) is 6.72. The SMILES string of the molecule is CC1CCN(CC2COCCC2N)CC1C. The van der Waals surface area contributed by atoms with Gasteiger partial charge in [0.05, 0.1) is 6.61 Å². The molecule has 0 saturated carbocycles. The quantitative estimate of drug-likeness (QED) is 0.772. The van der Waals surface area contributed by atoms with E-state index < -0.39 is 0 Å². The van der Waals surface area contributed by atoms with Crippen LogP contribution in [0.3, 0.4) is 0 Å². The summed E-state index contributed by atoms with van der Waals surface area (Å²) in [5, 5.41) is 0. The lowest BCUT2D eigenvalue weighted by molar-refractivity contribution is 0.0159. The third kappa shape index (κ3) is 2.96. The summed E-state index contributed by atoms with van der Waals surface area (Å²) < 4.78 is 5.54. The Morgan fingerprint density at radius 1 is 1.25 bits per heavy atom. The maximum Gasteiger partial charge on any atom is 0.0521 e. The van der Waals surface area contributed by atoms with Crippen molar-refractivity contribution in [1.29, 1.82) is 0 Å². The van der Waals surface area contributed by atoms with E-state index in [4.69, 9.17) is 10.5 Å². The number of rotatable bonds is 2. The van der Waals surface area contributed by atoms with E-state index in [9.17, 15) is 0 Å². The van der Waals surface area contributed by atoms with Crippen LogP contribution in [0.15, 0.2) is 0 Å². The van der Waals surface area contributed by atoms with Gasteiger partial charge in [-0.2, -0.15) is 0 Å². The lowest BCUT2D eigenvalue weighted by Gasteiger charge is -2.39. The molecule has 2 aliphatic heterocycles. The minimum atomic E-state index is 0.350. The van der Waals surface area contributed by atoms with Crippen LogP contribution in [0.25, 0.3) is 0 Å². The van der Waals surface area contributed by atoms with Gasteiger partial charge < -0.3 is 15.4 Å². The second kappa shape index (κ2) is 5.48. The minimum absolute atomic E-state index is 0.350. The Kier molecular flexibility index (Phi) is 4.22. The normalized spacial score (nSPS) is 42.2. The molecular weight excluding hydrogens is 200 g/mol. The molecule has 0 amide bonds. The summed E-state index contributed by atoms with van der Waals surface area (Å²) in [5.74, 6) is 2.26. The summed E-state index contributed by atoms with van der Waals surface area (Å²) in [6.07, 6.45) is 2.37. The highest BCUT2D eigenvalue weighted by Crippen LogP contribution is 2.24. The van der Waals surface area contributed by atoms with Gasteiger partial charge in [-0.25, -0.2) is 0 Å². The molecule has 16 heavy (non-hydrogen) atoms. The van der Waals surface area contributed by atoms with E-state index in [1.54, 1.807) is 0 Å². The third-order valence-corrected chi connectivity index (χ3v) is 4.44. The maximum absolute atomic E-state index is 6.15. The van der Waals surface area contributed by atoms with Crippen molar-refractivity contribution in [2.75, 3.05) is 32.8 Å². The average Bonchev–Trinajstić information content (AvgIpc) is 2.27. The molecule has 3 nitrogen and oxygen atoms in total. The van der Waals surface area contributed by atoms with Crippen molar-refractivity contribution in [3.63, 3.8) is 0 Å². The number of nitrogens with zero attached hydrogens (tertiary/aromatic N) is 1. The molecular formula is C13H26N2O. The van der Waals surface area contributed by atoms with E-state index in [2.05, 4.69) is 18.7 Å². The van der Waals surface area contributed by atoms with Crippen molar-refractivity contribution in [2.45, 2.75) is 32.7 Å². The van der Waals surface area contributed by atoms with Gasteiger partial charge in [0.15, 0.2) is 0 Å². The van der Waals surface area contributed by atoms with Crippen LogP contribution in [0.4, 0.5) is 0 Å². The van der Waals surface area contributed by atoms with Crippen LogP contribution >= 0.6 is 0 Å². The zero-order chi connectivity index (χ0) is 11.5. The fraction of sp³-hybridized carbons (Fsp3) is 1.00. The molecule has 0 bridgehead atoms. The summed E-state index contributed by atoms with van der Waals surface area (Å²) in [6.45, 7) is 10.1. The predicted molar refractivity (Wildman–Crippen MR) is 66.3 cm³/mol. The predicted octanol–water partition coefficient (Wildman–Crippen LogP) is 1.33. The number of piperidine rings is 1. The molecule has 94 valence electrons. The Balaban J connectivity index is 1.80. The second-order valence-corrected chi connectivity index (χ2v) is 5.79. The van der Waals surface area contributed by atoms with E-state index in [0.717, 1.165) is 38.0 Å². The molecule has 2 N–H and O–H groups in total. The van der Waals surface area contributed by atoms with E-state index in [-0.39, 0.29) is 0 Å². The molecule has 0 radical (unpaired) electrons. The highest BCUT2D eigenvalue weighted by molar-refractivity contribution is 4.82. The molecule has 0 spiro atoms. The van der Waals surface area contributed by atoms with Crippen LogP contribution < -0.4 is 5.73 Å². The fourth-order valence-electron chi connectivity index (χ4n) is 2.85. The standard InChI is InChI=1S/C13H26N2O/c1-10-3-5-15(7-11(10)2)8-12-9-16-6-4-13(12)14/h10-13H,3-9,14H2,1-2H3. The van der Waals surface area contributed by atoms with Crippen LogP contribution in [-0.4, -0.2) is 43.8 Å². The van der Waals surface area contributed by atoms with Gasteiger partial charge in [-0.3, -0.25) is 0 Å². The van der Waals surface area contributed by atoms with Crippen LogP contribution in [0.5, 0.6) is 0 Å². The smallest absolute Gasteiger partial charge is 0.0521 e. The number of ether oxygens (including phenoxy) is 1. The molecule has 2 saturated heterocycles. The molecule has 0 aromatic rings. The molecule has 0 aliphatic carbocycles. The molecule has 2 fully saturated rings. The van der Waals surface area contributed by atoms with E-state index in [1.165, 1.54) is 19.5 Å². The highest BCUT2D eigenvalue weighted by atomic mass is 16.5. The average molecular weight is 226 g/mol. The number of hydrogen-bond donors (Lipinski definition) is 1. The topological polar surface area (TPSA) is 38.5 Å². The summed E-state index contributed by atoms with van der Waals surface area (Å²) in [6, 6.07) is 0.350. The van der Waals surface area contributed by atoms with E-state index in [0.29, 0.717) is 12.0 Å². The third-order valence-electron chi connectivity index (χ3n) is 4.44. The Hall–Kier alpha value is -0.120. The van der Waals surface area contributed by atoms with Crippen molar-refractivity contribution in [2.24, 2.45) is 23.5 Å². The molecule has 4 atom stereocenters. The van der Waals surface area contributed by atoms with Crippen molar-refractivity contribution >= 4 is 0 Å². The van der Waals surface area contributed by atoms with Crippen molar-refractivity contribution in [3.05, 3.63) is 0 Å². The zero-order valence-electron chi connectivity index (χ0n) is 10.7.